The first-order valence-electron chi connectivity index (χ1n) is 6.23. The molecule has 2 rings (SSSR count). The van der Waals surface area contributed by atoms with Crippen molar-refractivity contribution < 1.29 is 14.6 Å². The Morgan fingerprint density at radius 2 is 1.90 bits per heavy atom. The Morgan fingerprint density at radius 3 is 2.60 bits per heavy atom. The molecule has 0 atom stereocenters. The molecule has 0 saturated heterocycles. The number of para-hydroxylation sites is 1. The van der Waals surface area contributed by atoms with E-state index in [1.165, 1.54) is 0 Å². The molecular formula is C16H17NO3. The average Bonchev–Trinajstić information content (AvgIpc) is 2.49. The molecule has 0 aliphatic rings. The van der Waals surface area contributed by atoms with Crippen LogP contribution in [0.3, 0.4) is 0 Å². The third-order valence-electron chi connectivity index (χ3n) is 2.92. The normalized spacial score (nSPS) is 10.7. The first-order valence-corrected chi connectivity index (χ1v) is 6.23. The van der Waals surface area contributed by atoms with E-state index in [0.29, 0.717) is 12.1 Å². The van der Waals surface area contributed by atoms with E-state index < -0.39 is 0 Å². The monoisotopic (exact) mass is 271 g/mol. The maximum atomic E-state index is 9.64. The van der Waals surface area contributed by atoms with Crippen LogP contribution in [-0.4, -0.2) is 25.5 Å². The number of phenolic OH excluding ortho intramolecular Hbond substituents is 1. The summed E-state index contributed by atoms with van der Waals surface area (Å²) in [6, 6.07) is 12.7. The number of ether oxygens (including phenoxy) is 2. The third-order valence-corrected chi connectivity index (χ3v) is 2.92. The summed E-state index contributed by atoms with van der Waals surface area (Å²) in [4.78, 5) is 4.33. The zero-order valence-electron chi connectivity index (χ0n) is 11.5. The fourth-order valence-corrected chi connectivity index (χ4v) is 1.82. The summed E-state index contributed by atoms with van der Waals surface area (Å²) in [5.74, 6) is 1.70. The van der Waals surface area contributed by atoms with Crippen molar-refractivity contribution in [3.05, 3.63) is 53.6 Å². The zero-order chi connectivity index (χ0) is 14.4. The summed E-state index contributed by atoms with van der Waals surface area (Å²) in [6.07, 6.45) is 1.65. The standard InChI is InChI=1S/C16H17NO3/c1-19-14-8-7-13(16(9-14)20-2)11-17-10-12-5-3-4-6-15(12)18/h3-10,18H,11H2,1-2H3. The fraction of sp³-hybridized carbons (Fsp3) is 0.188. The maximum absolute atomic E-state index is 9.64. The van der Waals surface area contributed by atoms with Gasteiger partial charge in [-0.25, -0.2) is 0 Å². The molecule has 0 radical (unpaired) electrons. The lowest BCUT2D eigenvalue weighted by molar-refractivity contribution is 0.391. The van der Waals surface area contributed by atoms with Crippen molar-refractivity contribution in [2.45, 2.75) is 6.54 Å². The smallest absolute Gasteiger partial charge is 0.127 e. The molecule has 0 aliphatic heterocycles. The molecule has 1 N–H and O–H groups in total. The second-order valence-electron chi connectivity index (χ2n) is 4.21. The van der Waals surface area contributed by atoms with Crippen molar-refractivity contribution in [2.24, 2.45) is 4.99 Å². The van der Waals surface area contributed by atoms with Crippen molar-refractivity contribution in [1.82, 2.24) is 0 Å². The first-order chi connectivity index (χ1) is 9.74. The number of hydrogen-bond donors (Lipinski definition) is 1. The fourth-order valence-electron chi connectivity index (χ4n) is 1.82. The van der Waals surface area contributed by atoms with E-state index in [1.807, 2.05) is 30.3 Å². The second-order valence-corrected chi connectivity index (χ2v) is 4.21. The van der Waals surface area contributed by atoms with Crippen LogP contribution in [0.2, 0.25) is 0 Å². The minimum absolute atomic E-state index is 0.220. The molecule has 0 unspecified atom stereocenters. The summed E-state index contributed by atoms with van der Waals surface area (Å²) >= 11 is 0. The minimum atomic E-state index is 0.220. The Morgan fingerprint density at radius 1 is 1.10 bits per heavy atom. The molecule has 4 heteroatoms. The Balaban J connectivity index is 2.13. The van der Waals surface area contributed by atoms with E-state index in [4.69, 9.17) is 9.47 Å². The third kappa shape index (κ3) is 3.29. The van der Waals surface area contributed by atoms with E-state index in [-0.39, 0.29) is 5.75 Å². The lowest BCUT2D eigenvalue weighted by atomic mass is 10.2. The van der Waals surface area contributed by atoms with Gasteiger partial charge in [-0.15, -0.1) is 0 Å². The van der Waals surface area contributed by atoms with Crippen LogP contribution in [0.15, 0.2) is 47.5 Å². The predicted molar refractivity (Wildman–Crippen MR) is 79.0 cm³/mol. The lowest BCUT2D eigenvalue weighted by Gasteiger charge is -2.08. The molecule has 2 aromatic carbocycles. The highest BCUT2D eigenvalue weighted by Gasteiger charge is 2.04. The van der Waals surface area contributed by atoms with Gasteiger partial charge in [0, 0.05) is 23.4 Å². The Bertz CT molecular complexity index is 608. The molecule has 0 aliphatic carbocycles. The SMILES string of the molecule is COc1ccc(CN=Cc2ccccc2O)c(OC)c1. The van der Waals surface area contributed by atoms with E-state index in [2.05, 4.69) is 4.99 Å². The molecule has 0 fully saturated rings. The van der Waals surface area contributed by atoms with Crippen molar-refractivity contribution in [2.75, 3.05) is 14.2 Å². The van der Waals surface area contributed by atoms with Gasteiger partial charge >= 0.3 is 0 Å². The van der Waals surface area contributed by atoms with Gasteiger partial charge in [-0.05, 0) is 24.3 Å². The molecule has 0 aromatic heterocycles. The van der Waals surface area contributed by atoms with E-state index in [0.717, 1.165) is 17.1 Å². The largest absolute Gasteiger partial charge is 0.507 e. The van der Waals surface area contributed by atoms with Gasteiger partial charge < -0.3 is 14.6 Å². The van der Waals surface area contributed by atoms with Gasteiger partial charge in [-0.3, -0.25) is 4.99 Å². The van der Waals surface area contributed by atoms with Crippen molar-refractivity contribution >= 4 is 6.21 Å². The average molecular weight is 271 g/mol. The number of aliphatic imine (C=N–C) groups is 1. The van der Waals surface area contributed by atoms with Crippen molar-refractivity contribution in [3.63, 3.8) is 0 Å². The van der Waals surface area contributed by atoms with Gasteiger partial charge in [0.2, 0.25) is 0 Å². The van der Waals surface area contributed by atoms with Crippen LogP contribution in [0.5, 0.6) is 17.2 Å². The molecule has 2 aromatic rings. The van der Waals surface area contributed by atoms with E-state index in [1.54, 1.807) is 32.6 Å². The highest BCUT2D eigenvalue weighted by atomic mass is 16.5. The molecule has 0 spiro atoms. The van der Waals surface area contributed by atoms with E-state index >= 15 is 0 Å². The Kier molecular flexibility index (Phi) is 4.60. The number of aromatic hydroxyl groups is 1. The van der Waals surface area contributed by atoms with Crippen LogP contribution in [-0.2, 0) is 6.54 Å². The maximum Gasteiger partial charge on any atom is 0.127 e. The van der Waals surface area contributed by atoms with Crippen LogP contribution in [0.25, 0.3) is 0 Å². The van der Waals surface area contributed by atoms with Gasteiger partial charge in [0.05, 0.1) is 20.8 Å². The quantitative estimate of drug-likeness (QED) is 0.850. The van der Waals surface area contributed by atoms with Gasteiger partial charge in [-0.1, -0.05) is 12.1 Å². The zero-order valence-corrected chi connectivity index (χ0v) is 11.5. The molecule has 0 bridgehead atoms. The van der Waals surface area contributed by atoms with Crippen molar-refractivity contribution in [3.8, 4) is 17.2 Å². The number of nitrogens with zero attached hydrogens (tertiary/aromatic N) is 1. The van der Waals surface area contributed by atoms with Crippen LogP contribution in [0, 0.1) is 0 Å². The molecule has 20 heavy (non-hydrogen) atoms. The highest BCUT2D eigenvalue weighted by Crippen LogP contribution is 2.25. The van der Waals surface area contributed by atoms with Crippen LogP contribution in [0.4, 0.5) is 0 Å². The summed E-state index contributed by atoms with van der Waals surface area (Å²) in [5.41, 5.74) is 1.65. The van der Waals surface area contributed by atoms with Gasteiger partial charge in [0.1, 0.15) is 17.2 Å². The minimum Gasteiger partial charge on any atom is -0.507 e. The van der Waals surface area contributed by atoms with Gasteiger partial charge in [0.25, 0.3) is 0 Å². The molecular weight excluding hydrogens is 254 g/mol. The topological polar surface area (TPSA) is 51.0 Å². The lowest BCUT2D eigenvalue weighted by Crippen LogP contribution is -1.93. The van der Waals surface area contributed by atoms with Crippen LogP contribution >= 0.6 is 0 Å². The van der Waals surface area contributed by atoms with Crippen LogP contribution in [0.1, 0.15) is 11.1 Å². The molecule has 0 amide bonds. The number of methoxy groups -OCH3 is 2. The predicted octanol–water partition coefficient (Wildman–Crippen LogP) is 3.03. The number of hydrogen-bond acceptors (Lipinski definition) is 4. The van der Waals surface area contributed by atoms with Gasteiger partial charge in [-0.2, -0.15) is 0 Å². The van der Waals surface area contributed by atoms with Crippen LogP contribution < -0.4 is 9.47 Å². The number of benzene rings is 2. The number of rotatable bonds is 5. The molecule has 0 heterocycles. The second kappa shape index (κ2) is 6.61. The Hall–Kier alpha value is -2.49. The first kappa shape index (κ1) is 13.9. The summed E-state index contributed by atoms with van der Waals surface area (Å²) < 4.78 is 10.5. The number of phenols is 1. The molecule has 0 saturated carbocycles. The summed E-state index contributed by atoms with van der Waals surface area (Å²) in [7, 11) is 3.23. The Labute approximate surface area is 118 Å². The van der Waals surface area contributed by atoms with Crippen molar-refractivity contribution in [1.29, 1.82) is 0 Å². The summed E-state index contributed by atoms with van der Waals surface area (Å²) in [6.45, 7) is 0.474. The molecule has 4 nitrogen and oxygen atoms in total. The van der Waals surface area contributed by atoms with Gasteiger partial charge in [0.15, 0.2) is 0 Å². The van der Waals surface area contributed by atoms with E-state index in [9.17, 15) is 5.11 Å². The summed E-state index contributed by atoms with van der Waals surface area (Å²) in [5, 5.41) is 9.64. The molecule has 104 valence electrons. The highest BCUT2D eigenvalue weighted by molar-refractivity contribution is 5.83.